The van der Waals surface area contributed by atoms with Crippen LogP contribution in [0.5, 0.6) is 5.75 Å². The number of amides is 1. The molecule has 0 fully saturated rings. The van der Waals surface area contributed by atoms with E-state index in [2.05, 4.69) is 5.32 Å². The Kier molecular flexibility index (Phi) is 3.69. The first kappa shape index (κ1) is 13.0. The van der Waals surface area contributed by atoms with Gasteiger partial charge >= 0.3 is 0 Å². The topological polar surface area (TPSA) is 73.1 Å². The number of halogens is 1. The molecule has 1 amide bonds. The maximum atomic E-state index is 12.7. The van der Waals surface area contributed by atoms with E-state index in [-0.39, 0.29) is 5.56 Å². The predicted octanol–water partition coefficient (Wildman–Crippen LogP) is 1.95. The fourth-order valence-electron chi connectivity index (χ4n) is 1.21. The van der Waals surface area contributed by atoms with E-state index in [1.807, 2.05) is 6.07 Å². The third-order valence-electron chi connectivity index (χ3n) is 2.55. The largest absolute Gasteiger partial charge is 0.507 e. The number of hydrogen-bond acceptors (Lipinski definition) is 3. The lowest BCUT2D eigenvalue weighted by Crippen LogP contribution is -2.44. The van der Waals surface area contributed by atoms with Crippen LogP contribution in [0.25, 0.3) is 0 Å². The Labute approximate surface area is 98.7 Å². The first-order valence-electron chi connectivity index (χ1n) is 5.14. The van der Waals surface area contributed by atoms with Gasteiger partial charge in [-0.1, -0.05) is 6.92 Å². The van der Waals surface area contributed by atoms with E-state index in [0.717, 1.165) is 12.1 Å². The highest BCUT2D eigenvalue weighted by molar-refractivity contribution is 5.97. The molecule has 0 bridgehead atoms. The highest BCUT2D eigenvalue weighted by Gasteiger charge is 2.25. The number of phenols is 1. The quantitative estimate of drug-likeness (QED) is 0.842. The summed E-state index contributed by atoms with van der Waals surface area (Å²) in [5.41, 5.74) is -1.06. The summed E-state index contributed by atoms with van der Waals surface area (Å²) < 4.78 is 12.7. The molecule has 0 aromatic heterocycles. The van der Waals surface area contributed by atoms with E-state index in [9.17, 15) is 14.3 Å². The molecule has 0 radical (unpaired) electrons. The molecule has 0 aliphatic heterocycles. The Morgan fingerprint density at radius 1 is 1.65 bits per heavy atom. The van der Waals surface area contributed by atoms with E-state index in [1.54, 1.807) is 13.8 Å². The van der Waals surface area contributed by atoms with Crippen molar-refractivity contribution in [2.45, 2.75) is 25.8 Å². The summed E-state index contributed by atoms with van der Waals surface area (Å²) in [5, 5.41) is 20.8. The normalized spacial score (nSPS) is 13.5. The molecule has 0 spiro atoms. The summed E-state index contributed by atoms with van der Waals surface area (Å²) in [4.78, 5) is 11.8. The van der Waals surface area contributed by atoms with Crippen LogP contribution >= 0.6 is 0 Å². The fourth-order valence-corrected chi connectivity index (χ4v) is 1.21. The lowest BCUT2D eigenvalue weighted by molar-refractivity contribution is 0.0920. The van der Waals surface area contributed by atoms with Crippen molar-refractivity contribution in [3.63, 3.8) is 0 Å². The van der Waals surface area contributed by atoms with Crippen LogP contribution in [-0.4, -0.2) is 16.6 Å². The second-order valence-electron chi connectivity index (χ2n) is 3.91. The number of nitrogens with one attached hydrogen (secondary N) is 1. The van der Waals surface area contributed by atoms with Gasteiger partial charge in [0.15, 0.2) is 0 Å². The average Bonchev–Trinajstić information content (AvgIpc) is 2.28. The maximum Gasteiger partial charge on any atom is 0.256 e. The number of carbonyl (C=O) groups is 1. The summed E-state index contributed by atoms with van der Waals surface area (Å²) in [6.07, 6.45) is 0.428. The molecule has 0 saturated carbocycles. The summed E-state index contributed by atoms with van der Waals surface area (Å²) in [7, 11) is 0. The molecule has 1 rings (SSSR count). The molecule has 0 aliphatic rings. The first-order chi connectivity index (χ1) is 7.91. The Bertz CT molecular complexity index is 482. The molecule has 5 heteroatoms. The number of nitrogens with zero attached hydrogens (tertiary/aromatic N) is 1. The minimum Gasteiger partial charge on any atom is -0.507 e. The molecule has 17 heavy (non-hydrogen) atoms. The number of nitriles is 1. The van der Waals surface area contributed by atoms with Crippen LogP contribution in [0.15, 0.2) is 18.2 Å². The van der Waals surface area contributed by atoms with Crippen molar-refractivity contribution in [1.82, 2.24) is 5.32 Å². The molecule has 90 valence electrons. The van der Waals surface area contributed by atoms with Crippen LogP contribution < -0.4 is 5.32 Å². The summed E-state index contributed by atoms with van der Waals surface area (Å²) >= 11 is 0. The summed E-state index contributed by atoms with van der Waals surface area (Å²) in [5.74, 6) is -1.68. The van der Waals surface area contributed by atoms with Gasteiger partial charge in [-0.15, -0.1) is 0 Å². The summed E-state index contributed by atoms with van der Waals surface area (Å²) in [6, 6.07) is 5.07. The van der Waals surface area contributed by atoms with Crippen molar-refractivity contribution < 1.29 is 14.3 Å². The highest BCUT2D eigenvalue weighted by Crippen LogP contribution is 2.19. The van der Waals surface area contributed by atoms with Gasteiger partial charge in [-0.05, 0) is 25.5 Å². The molecule has 0 saturated heterocycles. The Morgan fingerprint density at radius 2 is 2.29 bits per heavy atom. The molecule has 0 aliphatic carbocycles. The smallest absolute Gasteiger partial charge is 0.256 e. The number of carbonyl (C=O) groups excluding carboxylic acids is 1. The molecular weight excluding hydrogens is 223 g/mol. The molecule has 4 nitrogen and oxygen atoms in total. The molecule has 1 aromatic carbocycles. The number of hydrogen-bond donors (Lipinski definition) is 2. The lowest BCUT2D eigenvalue weighted by Gasteiger charge is -2.21. The van der Waals surface area contributed by atoms with Gasteiger partial charge in [-0.3, -0.25) is 4.79 Å². The van der Waals surface area contributed by atoms with Crippen molar-refractivity contribution in [1.29, 1.82) is 5.26 Å². The maximum absolute atomic E-state index is 12.7. The van der Waals surface area contributed by atoms with Crippen molar-refractivity contribution in [2.24, 2.45) is 0 Å². The van der Waals surface area contributed by atoms with Gasteiger partial charge in [-0.25, -0.2) is 4.39 Å². The number of aromatic hydroxyl groups is 1. The SMILES string of the molecule is CCC(C)(C#N)NC(=O)c1ccc(F)cc1O. The number of rotatable bonds is 3. The standard InChI is InChI=1S/C12H13FN2O2/c1-3-12(2,7-14)15-11(17)9-5-4-8(13)6-10(9)16/h4-6,16H,3H2,1-2H3,(H,15,17). The van der Waals surface area contributed by atoms with E-state index in [0.29, 0.717) is 6.42 Å². The van der Waals surface area contributed by atoms with Crippen LogP contribution in [0, 0.1) is 17.1 Å². The second-order valence-corrected chi connectivity index (χ2v) is 3.91. The Morgan fingerprint density at radius 3 is 2.76 bits per heavy atom. The van der Waals surface area contributed by atoms with Crippen LogP contribution in [-0.2, 0) is 0 Å². The van der Waals surface area contributed by atoms with Gasteiger partial charge < -0.3 is 10.4 Å². The Hall–Kier alpha value is -2.09. The van der Waals surface area contributed by atoms with Gasteiger partial charge in [0.25, 0.3) is 5.91 Å². The van der Waals surface area contributed by atoms with E-state index < -0.39 is 23.0 Å². The van der Waals surface area contributed by atoms with Crippen molar-refractivity contribution in [3.05, 3.63) is 29.6 Å². The van der Waals surface area contributed by atoms with Gasteiger partial charge in [0.2, 0.25) is 0 Å². The Balaban J connectivity index is 2.95. The number of phenolic OH excluding ortho intramolecular Hbond substituents is 1. The van der Waals surface area contributed by atoms with Crippen molar-refractivity contribution in [2.75, 3.05) is 0 Å². The van der Waals surface area contributed by atoms with Crippen LogP contribution in [0.4, 0.5) is 4.39 Å². The third-order valence-corrected chi connectivity index (χ3v) is 2.55. The monoisotopic (exact) mass is 236 g/mol. The zero-order chi connectivity index (χ0) is 13.1. The average molecular weight is 236 g/mol. The lowest BCUT2D eigenvalue weighted by atomic mass is 10.0. The molecular formula is C12H13FN2O2. The van der Waals surface area contributed by atoms with Crippen molar-refractivity contribution >= 4 is 5.91 Å². The molecule has 1 unspecified atom stereocenters. The highest BCUT2D eigenvalue weighted by atomic mass is 19.1. The number of benzene rings is 1. The van der Waals surface area contributed by atoms with Crippen LogP contribution in [0.3, 0.4) is 0 Å². The van der Waals surface area contributed by atoms with Crippen LogP contribution in [0.1, 0.15) is 30.6 Å². The van der Waals surface area contributed by atoms with E-state index in [1.165, 1.54) is 6.07 Å². The van der Waals surface area contributed by atoms with Gasteiger partial charge in [-0.2, -0.15) is 5.26 Å². The fraction of sp³-hybridized carbons (Fsp3) is 0.333. The molecule has 1 atom stereocenters. The van der Waals surface area contributed by atoms with E-state index in [4.69, 9.17) is 5.26 Å². The minimum absolute atomic E-state index is 0.0543. The van der Waals surface area contributed by atoms with Crippen LogP contribution in [0.2, 0.25) is 0 Å². The second kappa shape index (κ2) is 4.83. The minimum atomic E-state index is -1.00. The van der Waals surface area contributed by atoms with Crippen molar-refractivity contribution in [3.8, 4) is 11.8 Å². The van der Waals surface area contributed by atoms with Gasteiger partial charge in [0, 0.05) is 6.07 Å². The van der Waals surface area contributed by atoms with E-state index >= 15 is 0 Å². The first-order valence-corrected chi connectivity index (χ1v) is 5.14. The molecule has 2 N–H and O–H groups in total. The third kappa shape index (κ3) is 2.94. The van der Waals surface area contributed by atoms with Gasteiger partial charge in [0.1, 0.15) is 17.1 Å². The molecule has 0 heterocycles. The predicted molar refractivity (Wildman–Crippen MR) is 59.8 cm³/mol. The zero-order valence-electron chi connectivity index (χ0n) is 9.62. The zero-order valence-corrected chi connectivity index (χ0v) is 9.62. The summed E-state index contributed by atoms with van der Waals surface area (Å²) in [6.45, 7) is 3.33. The van der Waals surface area contributed by atoms with Gasteiger partial charge in [0.05, 0.1) is 11.6 Å². The molecule has 1 aromatic rings.